The van der Waals surface area contributed by atoms with E-state index in [4.69, 9.17) is 0 Å². The van der Waals surface area contributed by atoms with Gasteiger partial charge in [-0.3, -0.25) is 0 Å². The monoisotopic (exact) mass is 613 g/mol. The van der Waals surface area contributed by atoms with Crippen LogP contribution in [0.3, 0.4) is 0 Å². The molecule has 1 heterocycles. The van der Waals surface area contributed by atoms with Crippen molar-refractivity contribution in [1.29, 1.82) is 0 Å². The maximum atomic E-state index is 3.66. The second-order valence-electron chi connectivity index (χ2n) is 12.2. The van der Waals surface area contributed by atoms with Crippen molar-refractivity contribution >= 4 is 32.6 Å². The van der Waals surface area contributed by atoms with Gasteiger partial charge in [-0.25, -0.2) is 0 Å². The van der Waals surface area contributed by atoms with Gasteiger partial charge in [0.2, 0.25) is 0 Å². The van der Waals surface area contributed by atoms with Crippen molar-refractivity contribution in [2.45, 2.75) is 6.92 Å². The van der Waals surface area contributed by atoms with E-state index in [2.05, 4.69) is 169 Å². The van der Waals surface area contributed by atoms with E-state index in [1.54, 1.807) is 6.08 Å². The van der Waals surface area contributed by atoms with E-state index in [0.717, 1.165) is 5.57 Å². The van der Waals surface area contributed by atoms with Gasteiger partial charge in [0.25, 0.3) is 0 Å². The molecular formula is C47H35N. The van der Waals surface area contributed by atoms with Gasteiger partial charge in [0.15, 0.2) is 0 Å². The molecule has 0 bridgehead atoms. The summed E-state index contributed by atoms with van der Waals surface area (Å²) in [6.45, 7) is 9.14. The minimum atomic E-state index is 0.961. The first-order valence-electron chi connectivity index (χ1n) is 16.4. The maximum absolute atomic E-state index is 3.66. The van der Waals surface area contributed by atoms with E-state index in [-0.39, 0.29) is 0 Å². The second-order valence-corrected chi connectivity index (χ2v) is 12.2. The Balaban J connectivity index is 0.000000437. The predicted octanol–water partition coefficient (Wildman–Crippen LogP) is 13.2. The number of fused-ring (bicyclic) bond motifs is 6. The molecule has 8 aromatic rings. The first-order valence-corrected chi connectivity index (χ1v) is 16.4. The lowest BCUT2D eigenvalue weighted by molar-refractivity contribution is 1.18. The van der Waals surface area contributed by atoms with Crippen molar-refractivity contribution in [2.75, 3.05) is 0 Å². The van der Waals surface area contributed by atoms with Gasteiger partial charge in [-0.2, -0.15) is 0 Å². The molecule has 0 aliphatic heterocycles. The van der Waals surface area contributed by atoms with E-state index in [1.807, 2.05) is 19.1 Å². The zero-order valence-corrected chi connectivity index (χ0v) is 27.0. The summed E-state index contributed by atoms with van der Waals surface area (Å²) < 4.78 is 2.39. The first kappa shape index (κ1) is 29.2. The fourth-order valence-corrected chi connectivity index (χ4v) is 7.14. The third-order valence-electron chi connectivity index (χ3n) is 9.36. The van der Waals surface area contributed by atoms with Gasteiger partial charge in [-0.05, 0) is 104 Å². The van der Waals surface area contributed by atoms with E-state index < -0.39 is 0 Å². The average molecular weight is 614 g/mol. The highest BCUT2D eigenvalue weighted by Crippen LogP contribution is 2.48. The smallest absolute Gasteiger partial charge is 0.0547 e. The van der Waals surface area contributed by atoms with E-state index >= 15 is 0 Å². The molecule has 0 N–H and O–H groups in total. The molecule has 0 fully saturated rings. The largest absolute Gasteiger partial charge is 0.309 e. The van der Waals surface area contributed by atoms with E-state index in [0.29, 0.717) is 0 Å². The van der Waals surface area contributed by atoms with Crippen LogP contribution in [0.15, 0.2) is 189 Å². The Kier molecular flexibility index (Phi) is 7.43. The van der Waals surface area contributed by atoms with Gasteiger partial charge in [0.05, 0.1) is 11.0 Å². The molecule has 9 rings (SSSR count). The van der Waals surface area contributed by atoms with Crippen LogP contribution in [0.2, 0.25) is 0 Å². The fraction of sp³-hybridized carbons (Fsp3) is 0.0213. The number of benzene rings is 7. The number of rotatable bonds is 5. The van der Waals surface area contributed by atoms with Crippen molar-refractivity contribution < 1.29 is 0 Å². The average Bonchev–Trinajstić information content (AvgIpc) is 3.65. The Hall–Kier alpha value is -6.18. The number of allylic oxidation sites excluding steroid dienone is 4. The summed E-state index contributed by atoms with van der Waals surface area (Å²) in [5.74, 6) is 0. The molecule has 0 spiro atoms. The molecule has 0 saturated carbocycles. The van der Waals surface area contributed by atoms with E-state index in [1.165, 1.54) is 82.8 Å². The lowest BCUT2D eigenvalue weighted by atomic mass is 9.95. The van der Waals surface area contributed by atoms with Crippen LogP contribution in [-0.2, 0) is 0 Å². The summed E-state index contributed by atoms with van der Waals surface area (Å²) in [5, 5.41) is 5.23. The van der Waals surface area contributed by atoms with Gasteiger partial charge in [-0.15, -0.1) is 0 Å². The van der Waals surface area contributed by atoms with Crippen molar-refractivity contribution in [3.05, 3.63) is 189 Å². The minimum Gasteiger partial charge on any atom is -0.309 e. The highest BCUT2D eigenvalue weighted by molar-refractivity contribution is 6.15. The van der Waals surface area contributed by atoms with Crippen LogP contribution in [0, 0.1) is 0 Å². The van der Waals surface area contributed by atoms with Crippen LogP contribution < -0.4 is 0 Å². The summed E-state index contributed by atoms with van der Waals surface area (Å²) in [4.78, 5) is 0. The van der Waals surface area contributed by atoms with Crippen LogP contribution in [0.25, 0.3) is 82.8 Å². The molecule has 0 radical (unpaired) electrons. The quantitative estimate of drug-likeness (QED) is 0.170. The highest BCUT2D eigenvalue weighted by Gasteiger charge is 2.21. The number of hydrogen-bond acceptors (Lipinski definition) is 0. The Bertz CT molecular complexity index is 2540. The van der Waals surface area contributed by atoms with Crippen LogP contribution in [0.5, 0.6) is 0 Å². The molecule has 1 nitrogen and oxygen atoms in total. The zero-order chi connectivity index (χ0) is 32.6. The maximum Gasteiger partial charge on any atom is 0.0547 e. The molecule has 7 aromatic carbocycles. The molecule has 0 amide bonds. The van der Waals surface area contributed by atoms with Crippen LogP contribution in [-0.4, -0.2) is 4.57 Å². The Morgan fingerprint density at radius 2 is 1.15 bits per heavy atom. The second kappa shape index (κ2) is 12.2. The topological polar surface area (TPSA) is 4.93 Å². The molecule has 228 valence electrons. The van der Waals surface area contributed by atoms with Gasteiger partial charge in [0.1, 0.15) is 0 Å². The SMILES string of the molecule is C=CC(=C)/C=C\C.c1ccc(-n2c3ccccc3c3ccc(-c4cccc(-c5ccc6c(c5)-c5cccc7cccc-6c57)c4)cc32)cc1. The summed E-state index contributed by atoms with van der Waals surface area (Å²) in [5.41, 5.74) is 14.9. The minimum absolute atomic E-state index is 0.961. The zero-order valence-electron chi connectivity index (χ0n) is 27.0. The molecular weight excluding hydrogens is 579 g/mol. The molecule has 1 aliphatic carbocycles. The lowest BCUT2D eigenvalue weighted by Crippen LogP contribution is -1.93. The number of hydrogen-bond donors (Lipinski definition) is 0. The summed E-state index contributed by atoms with van der Waals surface area (Å²) in [6, 6.07) is 55.5. The van der Waals surface area contributed by atoms with Crippen molar-refractivity contribution in [1.82, 2.24) is 4.57 Å². The molecule has 48 heavy (non-hydrogen) atoms. The van der Waals surface area contributed by atoms with Gasteiger partial charge >= 0.3 is 0 Å². The van der Waals surface area contributed by atoms with Crippen LogP contribution in [0.1, 0.15) is 6.92 Å². The number of aromatic nitrogens is 1. The Morgan fingerprint density at radius 1 is 0.521 bits per heavy atom. The molecule has 0 atom stereocenters. The third-order valence-corrected chi connectivity index (χ3v) is 9.36. The molecule has 1 aromatic heterocycles. The lowest BCUT2D eigenvalue weighted by Gasteiger charge is -2.11. The Labute approximate surface area is 282 Å². The normalized spacial score (nSPS) is 11.5. The number of nitrogens with zero attached hydrogens (tertiary/aromatic N) is 1. The van der Waals surface area contributed by atoms with Crippen molar-refractivity contribution in [3.8, 4) is 50.2 Å². The predicted molar refractivity (Wildman–Crippen MR) is 208 cm³/mol. The molecule has 0 unspecified atom stereocenters. The Morgan fingerprint density at radius 3 is 1.88 bits per heavy atom. The summed E-state index contributed by atoms with van der Waals surface area (Å²) in [7, 11) is 0. The van der Waals surface area contributed by atoms with Crippen molar-refractivity contribution in [3.63, 3.8) is 0 Å². The number of para-hydroxylation sites is 2. The molecule has 1 aliphatic rings. The van der Waals surface area contributed by atoms with Gasteiger partial charge < -0.3 is 4.57 Å². The molecule has 0 saturated heterocycles. The van der Waals surface area contributed by atoms with Crippen molar-refractivity contribution in [2.24, 2.45) is 0 Å². The standard InChI is InChI=1S/C40H25N.C7H10/c1-2-13-31(14-3-1)41-38-18-5-4-15-33(38)34-22-20-30(25-39(34)41)28-12-6-11-27(23-28)29-19-21-32-35-16-7-9-26-10-8-17-36(40(26)35)37(32)24-29;1-4-6-7(3)5-2/h1-25H;4-6H,2-3H2,1H3/b;6-4-. The van der Waals surface area contributed by atoms with Gasteiger partial charge in [-0.1, -0.05) is 147 Å². The summed E-state index contributed by atoms with van der Waals surface area (Å²) in [6.07, 6.45) is 5.57. The summed E-state index contributed by atoms with van der Waals surface area (Å²) >= 11 is 0. The first-order chi connectivity index (χ1) is 23.6. The van der Waals surface area contributed by atoms with Crippen LogP contribution >= 0.6 is 0 Å². The van der Waals surface area contributed by atoms with Gasteiger partial charge in [0, 0.05) is 16.5 Å². The van der Waals surface area contributed by atoms with Crippen LogP contribution in [0.4, 0.5) is 0 Å². The fourth-order valence-electron chi connectivity index (χ4n) is 7.14. The molecule has 1 heteroatoms. The van der Waals surface area contributed by atoms with E-state index in [9.17, 15) is 0 Å². The third kappa shape index (κ3) is 4.98. The highest BCUT2D eigenvalue weighted by atomic mass is 15.0.